The molecule has 114 valence electrons. The monoisotopic (exact) mass is 285 g/mol. The van der Waals surface area contributed by atoms with Crippen LogP contribution in [0.4, 0.5) is 0 Å². The van der Waals surface area contributed by atoms with Gasteiger partial charge in [-0.2, -0.15) is 0 Å². The molecule has 20 heavy (non-hydrogen) atoms. The summed E-state index contributed by atoms with van der Waals surface area (Å²) in [5, 5.41) is 11.4. The predicted octanol–water partition coefficient (Wildman–Crippen LogP) is -0.478. The molecular weight excluding hydrogens is 262 g/mol. The van der Waals surface area contributed by atoms with Crippen molar-refractivity contribution < 1.29 is 19.5 Å². The second kappa shape index (κ2) is 8.52. The number of nitrogens with one attached hydrogen (secondary N) is 1. The lowest BCUT2D eigenvalue weighted by Gasteiger charge is -2.34. The maximum absolute atomic E-state index is 11.7. The summed E-state index contributed by atoms with van der Waals surface area (Å²) in [6.07, 6.45) is 0.836. The van der Waals surface area contributed by atoms with Crippen LogP contribution >= 0.6 is 0 Å². The Morgan fingerprint density at radius 3 is 2.30 bits per heavy atom. The first-order valence-electron chi connectivity index (χ1n) is 7.01. The van der Waals surface area contributed by atoms with E-state index in [1.54, 1.807) is 4.90 Å². The quantitative estimate of drug-likeness (QED) is 0.659. The lowest BCUT2D eigenvalue weighted by atomic mass is 10.2. The lowest BCUT2D eigenvalue weighted by molar-refractivity contribution is -0.141. The highest BCUT2D eigenvalue weighted by Crippen LogP contribution is 2.05. The second-order valence-corrected chi connectivity index (χ2v) is 4.90. The minimum atomic E-state index is -0.954. The summed E-state index contributed by atoms with van der Waals surface area (Å²) >= 11 is 0. The molecular formula is C13H23N3O4. The van der Waals surface area contributed by atoms with Crippen molar-refractivity contribution in [2.24, 2.45) is 0 Å². The first kappa shape index (κ1) is 16.4. The molecule has 0 atom stereocenters. The minimum absolute atomic E-state index is 0.0116. The molecule has 0 aliphatic carbocycles. The van der Waals surface area contributed by atoms with Crippen molar-refractivity contribution in [1.29, 1.82) is 0 Å². The van der Waals surface area contributed by atoms with E-state index in [-0.39, 0.29) is 24.7 Å². The van der Waals surface area contributed by atoms with E-state index < -0.39 is 5.97 Å². The molecule has 1 rings (SSSR count). The Kier molecular flexibility index (Phi) is 7.00. The normalized spacial score (nSPS) is 15.9. The fraction of sp³-hybridized carbons (Fsp3) is 0.769. The van der Waals surface area contributed by atoms with Gasteiger partial charge in [0, 0.05) is 39.1 Å². The Bertz CT molecular complexity index is 352. The molecule has 0 aromatic heterocycles. The van der Waals surface area contributed by atoms with Crippen LogP contribution in [0.2, 0.25) is 0 Å². The number of nitrogens with zero attached hydrogens (tertiary/aromatic N) is 2. The van der Waals surface area contributed by atoms with Crippen molar-refractivity contribution >= 4 is 17.8 Å². The molecule has 0 aromatic carbocycles. The van der Waals surface area contributed by atoms with Crippen LogP contribution in [0, 0.1) is 0 Å². The number of carbonyl (C=O) groups is 3. The van der Waals surface area contributed by atoms with Crippen LogP contribution in [0.3, 0.4) is 0 Å². The molecule has 1 heterocycles. The van der Waals surface area contributed by atoms with Gasteiger partial charge in [-0.1, -0.05) is 6.92 Å². The standard InChI is InChI=1S/C13H23N3O4/c1-2-5-14-11(17)10-15-6-8-16(9-7-15)12(18)3-4-13(19)20/h2-10H2,1H3,(H,14,17)(H,19,20). The smallest absolute Gasteiger partial charge is 0.303 e. The highest BCUT2D eigenvalue weighted by Gasteiger charge is 2.22. The first-order valence-corrected chi connectivity index (χ1v) is 7.01. The van der Waals surface area contributed by atoms with Crippen LogP contribution in [0.5, 0.6) is 0 Å². The maximum atomic E-state index is 11.7. The van der Waals surface area contributed by atoms with E-state index in [0.717, 1.165) is 6.42 Å². The van der Waals surface area contributed by atoms with Crippen molar-refractivity contribution in [3.63, 3.8) is 0 Å². The number of rotatable bonds is 7. The molecule has 1 saturated heterocycles. The van der Waals surface area contributed by atoms with Gasteiger partial charge in [0.1, 0.15) is 0 Å². The molecule has 0 saturated carbocycles. The molecule has 2 amide bonds. The number of carbonyl (C=O) groups excluding carboxylic acids is 2. The average molecular weight is 285 g/mol. The zero-order valence-electron chi connectivity index (χ0n) is 11.9. The molecule has 1 aliphatic rings. The number of piperazine rings is 1. The van der Waals surface area contributed by atoms with E-state index in [2.05, 4.69) is 5.32 Å². The molecule has 1 fully saturated rings. The van der Waals surface area contributed by atoms with Crippen LogP contribution in [0.25, 0.3) is 0 Å². The van der Waals surface area contributed by atoms with E-state index in [4.69, 9.17) is 5.11 Å². The molecule has 0 radical (unpaired) electrons. The van der Waals surface area contributed by atoms with Crippen molar-refractivity contribution in [3.05, 3.63) is 0 Å². The van der Waals surface area contributed by atoms with E-state index in [9.17, 15) is 14.4 Å². The molecule has 2 N–H and O–H groups in total. The number of carboxylic acids is 1. The largest absolute Gasteiger partial charge is 0.481 e. The van der Waals surface area contributed by atoms with Crippen molar-refractivity contribution in [2.45, 2.75) is 26.2 Å². The summed E-state index contributed by atoms with van der Waals surface area (Å²) in [5.41, 5.74) is 0. The Hall–Kier alpha value is -1.63. The van der Waals surface area contributed by atoms with Gasteiger partial charge in [0.25, 0.3) is 0 Å². The third-order valence-corrected chi connectivity index (χ3v) is 3.22. The van der Waals surface area contributed by atoms with Crippen LogP contribution in [-0.4, -0.2) is 72.0 Å². The fourth-order valence-corrected chi connectivity index (χ4v) is 2.05. The van der Waals surface area contributed by atoms with E-state index in [1.165, 1.54) is 0 Å². The van der Waals surface area contributed by atoms with E-state index in [0.29, 0.717) is 39.3 Å². The molecule has 0 spiro atoms. The third kappa shape index (κ3) is 6.01. The summed E-state index contributed by atoms with van der Waals surface area (Å²) in [4.78, 5) is 37.4. The lowest BCUT2D eigenvalue weighted by Crippen LogP contribution is -2.51. The van der Waals surface area contributed by atoms with Gasteiger partial charge >= 0.3 is 5.97 Å². The Balaban J connectivity index is 2.24. The van der Waals surface area contributed by atoms with Gasteiger partial charge in [0.2, 0.25) is 11.8 Å². The summed E-state index contributed by atoms with van der Waals surface area (Å²) in [6.45, 7) is 5.46. The van der Waals surface area contributed by atoms with Crippen LogP contribution < -0.4 is 5.32 Å². The van der Waals surface area contributed by atoms with Gasteiger partial charge in [-0.15, -0.1) is 0 Å². The minimum Gasteiger partial charge on any atom is -0.481 e. The molecule has 0 aromatic rings. The van der Waals surface area contributed by atoms with Gasteiger partial charge in [-0.3, -0.25) is 19.3 Å². The molecule has 1 aliphatic heterocycles. The van der Waals surface area contributed by atoms with Gasteiger partial charge < -0.3 is 15.3 Å². The average Bonchev–Trinajstić information content (AvgIpc) is 2.43. The summed E-state index contributed by atoms with van der Waals surface area (Å²) in [7, 11) is 0. The molecule has 0 bridgehead atoms. The number of hydrogen-bond acceptors (Lipinski definition) is 4. The summed E-state index contributed by atoms with van der Waals surface area (Å²) in [6, 6.07) is 0. The number of aliphatic carboxylic acids is 1. The Morgan fingerprint density at radius 2 is 1.75 bits per heavy atom. The SMILES string of the molecule is CCCNC(=O)CN1CCN(C(=O)CCC(=O)O)CC1. The number of amides is 2. The summed E-state index contributed by atoms with van der Waals surface area (Å²) < 4.78 is 0. The predicted molar refractivity (Wildman–Crippen MR) is 73.2 cm³/mol. The number of carboxylic acid groups (broad SMARTS) is 1. The zero-order valence-corrected chi connectivity index (χ0v) is 11.9. The molecule has 7 nitrogen and oxygen atoms in total. The van der Waals surface area contributed by atoms with Gasteiger partial charge in [0.15, 0.2) is 0 Å². The first-order chi connectivity index (χ1) is 9.52. The van der Waals surface area contributed by atoms with E-state index >= 15 is 0 Å². The van der Waals surface area contributed by atoms with Crippen molar-refractivity contribution in [1.82, 2.24) is 15.1 Å². The Labute approximate surface area is 118 Å². The highest BCUT2D eigenvalue weighted by molar-refractivity contribution is 5.81. The zero-order chi connectivity index (χ0) is 15.0. The van der Waals surface area contributed by atoms with Crippen LogP contribution in [0.15, 0.2) is 0 Å². The molecule has 7 heteroatoms. The summed E-state index contributed by atoms with van der Waals surface area (Å²) in [5.74, 6) is -1.07. The third-order valence-electron chi connectivity index (χ3n) is 3.22. The number of hydrogen-bond donors (Lipinski definition) is 2. The van der Waals surface area contributed by atoms with Gasteiger partial charge in [0.05, 0.1) is 13.0 Å². The highest BCUT2D eigenvalue weighted by atomic mass is 16.4. The molecule has 0 unspecified atom stereocenters. The maximum Gasteiger partial charge on any atom is 0.303 e. The van der Waals surface area contributed by atoms with E-state index in [1.807, 2.05) is 11.8 Å². The van der Waals surface area contributed by atoms with Crippen LogP contribution in [0.1, 0.15) is 26.2 Å². The topological polar surface area (TPSA) is 90.0 Å². The van der Waals surface area contributed by atoms with Crippen molar-refractivity contribution in [3.8, 4) is 0 Å². The van der Waals surface area contributed by atoms with Crippen molar-refractivity contribution in [2.75, 3.05) is 39.3 Å². The second-order valence-electron chi connectivity index (χ2n) is 4.90. The van der Waals surface area contributed by atoms with Gasteiger partial charge in [-0.25, -0.2) is 0 Å². The fourth-order valence-electron chi connectivity index (χ4n) is 2.05. The Morgan fingerprint density at radius 1 is 1.10 bits per heavy atom. The van der Waals surface area contributed by atoms with Crippen LogP contribution in [-0.2, 0) is 14.4 Å². The van der Waals surface area contributed by atoms with Gasteiger partial charge in [-0.05, 0) is 6.42 Å².